The molecular weight excluding hydrogens is 280 g/mol. The van der Waals surface area contributed by atoms with Crippen molar-refractivity contribution in [2.24, 2.45) is 17.8 Å². The first-order chi connectivity index (χ1) is 10.4. The van der Waals surface area contributed by atoms with Crippen molar-refractivity contribution in [1.82, 2.24) is 0 Å². The summed E-state index contributed by atoms with van der Waals surface area (Å²) in [6.45, 7) is 8.79. The lowest BCUT2D eigenvalue weighted by atomic mass is 9.79. The highest BCUT2D eigenvalue weighted by Crippen LogP contribution is 2.32. The summed E-state index contributed by atoms with van der Waals surface area (Å²) in [6, 6.07) is 0. The van der Waals surface area contributed by atoms with Gasteiger partial charge in [0.15, 0.2) is 0 Å². The Hall–Kier alpha value is -1.32. The quantitative estimate of drug-likeness (QED) is 0.529. The average molecular weight is 310 g/mol. The first-order valence-corrected chi connectivity index (χ1v) is 8.47. The van der Waals surface area contributed by atoms with Gasteiger partial charge < -0.3 is 9.47 Å². The lowest BCUT2D eigenvalue weighted by Crippen LogP contribution is -2.26. The van der Waals surface area contributed by atoms with Gasteiger partial charge in [-0.1, -0.05) is 34.1 Å². The fraction of sp³-hybridized carbons (Fsp3) is 0.778. The second kappa shape index (κ2) is 9.65. The molecule has 22 heavy (non-hydrogen) atoms. The van der Waals surface area contributed by atoms with Crippen LogP contribution in [0.2, 0.25) is 0 Å². The molecule has 0 bridgehead atoms. The molecule has 0 aromatic rings. The molecule has 0 radical (unpaired) electrons. The summed E-state index contributed by atoms with van der Waals surface area (Å²) < 4.78 is 10.4. The summed E-state index contributed by atoms with van der Waals surface area (Å²) in [5.41, 5.74) is 0. The Kier molecular flexibility index (Phi) is 8.21. The Morgan fingerprint density at radius 1 is 1.05 bits per heavy atom. The van der Waals surface area contributed by atoms with Crippen molar-refractivity contribution < 1.29 is 19.1 Å². The van der Waals surface area contributed by atoms with Gasteiger partial charge in [-0.3, -0.25) is 0 Å². The van der Waals surface area contributed by atoms with Gasteiger partial charge in [0.05, 0.1) is 6.61 Å². The van der Waals surface area contributed by atoms with Crippen LogP contribution in [0.4, 0.5) is 0 Å². The topological polar surface area (TPSA) is 52.6 Å². The number of hydrogen-bond donors (Lipinski definition) is 0. The first-order valence-electron chi connectivity index (χ1n) is 8.47. The maximum Gasteiger partial charge on any atom is 0.331 e. The standard InChI is InChI=1S/C18H30O4/c1-5-14(4)15-6-8-16(9-7-15)22-18(20)11-10-17(19)21-12-13(2)3/h10-11,13-16H,5-9,12H2,1-4H3/b11-10+. The molecule has 4 nitrogen and oxygen atoms in total. The van der Waals surface area contributed by atoms with Crippen LogP contribution in [-0.2, 0) is 19.1 Å². The molecule has 1 aliphatic rings. The zero-order valence-corrected chi connectivity index (χ0v) is 14.3. The van der Waals surface area contributed by atoms with E-state index in [1.54, 1.807) is 0 Å². The summed E-state index contributed by atoms with van der Waals surface area (Å²) >= 11 is 0. The van der Waals surface area contributed by atoms with Gasteiger partial charge in [0, 0.05) is 12.2 Å². The smallest absolute Gasteiger partial charge is 0.331 e. The minimum absolute atomic E-state index is 0.0101. The van der Waals surface area contributed by atoms with Crippen molar-refractivity contribution in [2.75, 3.05) is 6.61 Å². The highest BCUT2D eigenvalue weighted by Gasteiger charge is 2.26. The minimum atomic E-state index is -0.494. The van der Waals surface area contributed by atoms with E-state index in [2.05, 4.69) is 13.8 Å². The van der Waals surface area contributed by atoms with Crippen molar-refractivity contribution in [3.8, 4) is 0 Å². The minimum Gasteiger partial charge on any atom is -0.462 e. The first kappa shape index (κ1) is 18.7. The summed E-state index contributed by atoms with van der Waals surface area (Å²) in [5, 5.41) is 0. The fourth-order valence-electron chi connectivity index (χ4n) is 2.75. The molecule has 1 unspecified atom stereocenters. The van der Waals surface area contributed by atoms with Crippen LogP contribution in [0.3, 0.4) is 0 Å². The molecule has 126 valence electrons. The van der Waals surface area contributed by atoms with Crippen molar-refractivity contribution >= 4 is 11.9 Å². The third-order valence-corrected chi connectivity index (χ3v) is 4.36. The Morgan fingerprint density at radius 2 is 1.64 bits per heavy atom. The van der Waals surface area contributed by atoms with E-state index >= 15 is 0 Å². The monoisotopic (exact) mass is 310 g/mol. The van der Waals surface area contributed by atoms with Crippen LogP contribution in [0.1, 0.15) is 59.8 Å². The van der Waals surface area contributed by atoms with Gasteiger partial charge >= 0.3 is 11.9 Å². The van der Waals surface area contributed by atoms with E-state index in [9.17, 15) is 9.59 Å². The van der Waals surface area contributed by atoms with Crippen LogP contribution in [0, 0.1) is 17.8 Å². The zero-order valence-electron chi connectivity index (χ0n) is 14.3. The van der Waals surface area contributed by atoms with E-state index in [1.165, 1.54) is 12.5 Å². The number of carbonyl (C=O) groups is 2. The van der Waals surface area contributed by atoms with E-state index in [0.29, 0.717) is 6.61 Å². The summed E-state index contributed by atoms with van der Waals surface area (Å²) in [6.07, 6.45) is 7.60. The Morgan fingerprint density at radius 3 is 2.18 bits per heavy atom. The highest BCUT2D eigenvalue weighted by atomic mass is 16.5. The highest BCUT2D eigenvalue weighted by molar-refractivity contribution is 5.91. The molecule has 1 fully saturated rings. The van der Waals surface area contributed by atoms with Gasteiger partial charge in [0.2, 0.25) is 0 Å². The molecule has 0 heterocycles. The van der Waals surface area contributed by atoms with Crippen LogP contribution in [0.25, 0.3) is 0 Å². The Bertz CT molecular complexity index is 379. The molecule has 1 aliphatic carbocycles. The number of hydrogen-bond acceptors (Lipinski definition) is 4. The third kappa shape index (κ3) is 7.10. The molecule has 0 N–H and O–H groups in total. The van der Waals surface area contributed by atoms with Crippen LogP contribution >= 0.6 is 0 Å². The molecular formula is C18H30O4. The molecule has 0 aromatic carbocycles. The van der Waals surface area contributed by atoms with Crippen LogP contribution in [0.15, 0.2) is 12.2 Å². The molecule has 0 spiro atoms. The van der Waals surface area contributed by atoms with Crippen LogP contribution in [-0.4, -0.2) is 24.6 Å². The molecule has 0 aromatic heterocycles. The second-order valence-electron chi connectivity index (χ2n) is 6.72. The van der Waals surface area contributed by atoms with E-state index in [4.69, 9.17) is 9.47 Å². The zero-order chi connectivity index (χ0) is 16.5. The molecule has 1 atom stereocenters. The van der Waals surface area contributed by atoms with Crippen molar-refractivity contribution in [1.29, 1.82) is 0 Å². The molecule has 0 saturated heterocycles. The van der Waals surface area contributed by atoms with Crippen molar-refractivity contribution in [3.63, 3.8) is 0 Å². The lowest BCUT2D eigenvalue weighted by molar-refractivity contribution is -0.146. The maximum absolute atomic E-state index is 11.7. The number of rotatable bonds is 7. The van der Waals surface area contributed by atoms with Crippen molar-refractivity contribution in [2.45, 2.75) is 65.9 Å². The van der Waals surface area contributed by atoms with Gasteiger partial charge in [0.1, 0.15) is 6.10 Å². The predicted octanol–water partition coefficient (Wildman–Crippen LogP) is 3.89. The van der Waals surface area contributed by atoms with Crippen LogP contribution in [0.5, 0.6) is 0 Å². The molecule has 0 amide bonds. The second-order valence-corrected chi connectivity index (χ2v) is 6.72. The number of ether oxygens (including phenoxy) is 2. The largest absolute Gasteiger partial charge is 0.462 e. The summed E-state index contributed by atoms with van der Waals surface area (Å²) in [4.78, 5) is 23.1. The normalized spacial score (nSPS) is 23.5. The number of carbonyl (C=O) groups excluding carboxylic acids is 2. The maximum atomic E-state index is 11.7. The van der Waals surface area contributed by atoms with Gasteiger partial charge in [-0.15, -0.1) is 0 Å². The third-order valence-electron chi connectivity index (χ3n) is 4.36. The summed E-state index contributed by atoms with van der Waals surface area (Å²) in [7, 11) is 0. The molecule has 4 heteroatoms. The van der Waals surface area contributed by atoms with Gasteiger partial charge in [-0.2, -0.15) is 0 Å². The van der Waals surface area contributed by atoms with E-state index in [0.717, 1.165) is 43.6 Å². The van der Waals surface area contributed by atoms with E-state index in [1.807, 2.05) is 13.8 Å². The van der Waals surface area contributed by atoms with Gasteiger partial charge in [-0.25, -0.2) is 9.59 Å². The summed E-state index contributed by atoms with van der Waals surface area (Å²) in [5.74, 6) is 0.832. The Balaban J connectivity index is 2.27. The molecule has 0 aliphatic heterocycles. The van der Waals surface area contributed by atoms with Crippen LogP contribution < -0.4 is 0 Å². The predicted molar refractivity (Wildman–Crippen MR) is 86.2 cm³/mol. The van der Waals surface area contributed by atoms with Gasteiger partial charge in [0.25, 0.3) is 0 Å². The molecule has 1 saturated carbocycles. The van der Waals surface area contributed by atoms with Gasteiger partial charge in [-0.05, 0) is 43.4 Å². The Labute approximate surface area is 134 Å². The average Bonchev–Trinajstić information content (AvgIpc) is 2.50. The lowest BCUT2D eigenvalue weighted by Gasteiger charge is -2.31. The fourth-order valence-corrected chi connectivity index (χ4v) is 2.75. The van der Waals surface area contributed by atoms with E-state index < -0.39 is 11.9 Å². The SMILES string of the molecule is CCC(C)C1CCC(OC(=O)/C=C/C(=O)OCC(C)C)CC1. The number of esters is 2. The van der Waals surface area contributed by atoms with E-state index in [-0.39, 0.29) is 12.0 Å². The molecule has 1 rings (SSSR count). The van der Waals surface area contributed by atoms with Crippen molar-refractivity contribution in [3.05, 3.63) is 12.2 Å².